The number of hydrogen-bond acceptors (Lipinski definition) is 3. The van der Waals surface area contributed by atoms with E-state index in [4.69, 9.17) is 0 Å². The van der Waals surface area contributed by atoms with Crippen molar-refractivity contribution in [2.75, 3.05) is 16.2 Å². The van der Waals surface area contributed by atoms with Gasteiger partial charge in [0, 0.05) is 11.1 Å². The number of para-hydroxylation sites is 1. The number of nitrogens with zero attached hydrogens (tertiary/aromatic N) is 1. The van der Waals surface area contributed by atoms with E-state index in [9.17, 15) is 13.2 Å². The maximum absolute atomic E-state index is 13.5. The summed E-state index contributed by atoms with van der Waals surface area (Å²) in [5.41, 5.74) is 4.52. The summed E-state index contributed by atoms with van der Waals surface area (Å²) in [7, 11) is -3.94. The molecule has 0 saturated heterocycles. The second-order valence-electron chi connectivity index (χ2n) is 8.27. The van der Waals surface area contributed by atoms with Gasteiger partial charge in [0.1, 0.15) is 6.54 Å². The topological polar surface area (TPSA) is 66.5 Å². The van der Waals surface area contributed by atoms with Gasteiger partial charge in [-0.25, -0.2) is 8.42 Å². The molecule has 0 atom stereocenters. The van der Waals surface area contributed by atoms with Crippen LogP contribution in [0.3, 0.4) is 0 Å². The smallest absolute Gasteiger partial charge is 0.264 e. The number of aryl methyl sites for hydroxylation is 3. The minimum Gasteiger partial charge on any atom is -0.324 e. The van der Waals surface area contributed by atoms with Gasteiger partial charge < -0.3 is 5.32 Å². The van der Waals surface area contributed by atoms with E-state index in [0.717, 1.165) is 23.8 Å². The Morgan fingerprint density at radius 1 is 0.848 bits per heavy atom. The van der Waals surface area contributed by atoms with E-state index in [2.05, 4.69) is 11.4 Å². The molecule has 0 radical (unpaired) electrons. The molecule has 6 heteroatoms. The van der Waals surface area contributed by atoms with E-state index in [-0.39, 0.29) is 11.4 Å². The molecule has 5 nitrogen and oxygen atoms in total. The van der Waals surface area contributed by atoms with Gasteiger partial charge in [-0.3, -0.25) is 9.10 Å². The van der Waals surface area contributed by atoms with Crippen molar-refractivity contribution < 1.29 is 13.2 Å². The van der Waals surface area contributed by atoms with E-state index >= 15 is 0 Å². The summed E-state index contributed by atoms with van der Waals surface area (Å²) in [6.07, 6.45) is 2.00. The number of carbonyl (C=O) groups excluding carboxylic acids is 1. The van der Waals surface area contributed by atoms with Gasteiger partial charge in [-0.2, -0.15) is 0 Å². The van der Waals surface area contributed by atoms with Crippen LogP contribution >= 0.6 is 0 Å². The van der Waals surface area contributed by atoms with Gasteiger partial charge in [0.25, 0.3) is 10.0 Å². The number of benzene rings is 4. The summed E-state index contributed by atoms with van der Waals surface area (Å²) >= 11 is 0. The van der Waals surface area contributed by atoms with Gasteiger partial charge >= 0.3 is 0 Å². The quantitative estimate of drug-likeness (QED) is 0.440. The van der Waals surface area contributed by atoms with Crippen LogP contribution < -0.4 is 9.62 Å². The Balaban J connectivity index is 1.50. The Morgan fingerprint density at radius 3 is 2.30 bits per heavy atom. The van der Waals surface area contributed by atoms with Gasteiger partial charge in [-0.05, 0) is 66.1 Å². The molecule has 1 N–H and O–H groups in total. The lowest BCUT2D eigenvalue weighted by Crippen LogP contribution is -2.38. The lowest BCUT2D eigenvalue weighted by Gasteiger charge is -2.25. The second-order valence-corrected chi connectivity index (χ2v) is 10.1. The molecule has 1 aliphatic carbocycles. The SMILES string of the molecule is Cc1ccccc1N(CC(=O)Nc1ccc2c3c(cccc13)CC2)S(=O)(=O)c1ccccc1. The molecule has 0 bridgehead atoms. The summed E-state index contributed by atoms with van der Waals surface area (Å²) < 4.78 is 28.2. The molecule has 33 heavy (non-hydrogen) atoms. The number of rotatable bonds is 6. The van der Waals surface area contributed by atoms with Crippen LogP contribution in [0.1, 0.15) is 16.7 Å². The van der Waals surface area contributed by atoms with Crippen molar-refractivity contribution in [1.29, 1.82) is 0 Å². The zero-order valence-corrected chi connectivity index (χ0v) is 19.1. The molecular weight excluding hydrogens is 432 g/mol. The lowest BCUT2D eigenvalue weighted by atomic mass is 10.0. The normalized spacial score (nSPS) is 12.6. The molecule has 0 saturated carbocycles. The van der Waals surface area contributed by atoms with Crippen LogP contribution in [-0.2, 0) is 27.7 Å². The van der Waals surface area contributed by atoms with Crippen molar-refractivity contribution in [3.8, 4) is 0 Å². The molecule has 4 aromatic carbocycles. The van der Waals surface area contributed by atoms with Crippen LogP contribution in [0.5, 0.6) is 0 Å². The summed E-state index contributed by atoms with van der Waals surface area (Å²) in [6.45, 7) is 1.51. The summed E-state index contributed by atoms with van der Waals surface area (Å²) in [5.74, 6) is -0.392. The van der Waals surface area contributed by atoms with Crippen LogP contribution in [0.25, 0.3) is 10.8 Å². The molecular formula is C27H24N2O3S. The average molecular weight is 457 g/mol. The molecule has 0 spiro atoms. The molecule has 0 aromatic heterocycles. The minimum atomic E-state index is -3.94. The van der Waals surface area contributed by atoms with Gasteiger partial charge in [-0.1, -0.05) is 60.7 Å². The first-order chi connectivity index (χ1) is 15.9. The Morgan fingerprint density at radius 2 is 1.55 bits per heavy atom. The van der Waals surface area contributed by atoms with Crippen LogP contribution in [0.4, 0.5) is 11.4 Å². The Bertz CT molecular complexity index is 1450. The predicted octanol–water partition coefficient (Wildman–Crippen LogP) is 5.08. The zero-order valence-electron chi connectivity index (χ0n) is 18.3. The molecule has 0 fully saturated rings. The third-order valence-corrected chi connectivity index (χ3v) is 7.93. The van der Waals surface area contributed by atoms with Gasteiger partial charge in [-0.15, -0.1) is 0 Å². The molecule has 4 aromatic rings. The van der Waals surface area contributed by atoms with E-state index < -0.39 is 15.9 Å². The number of carbonyl (C=O) groups is 1. The van der Waals surface area contributed by atoms with Crippen molar-refractivity contribution in [3.63, 3.8) is 0 Å². The van der Waals surface area contributed by atoms with Crippen molar-refractivity contribution in [2.45, 2.75) is 24.7 Å². The zero-order chi connectivity index (χ0) is 23.0. The number of amides is 1. The van der Waals surface area contributed by atoms with Crippen LogP contribution in [0, 0.1) is 6.92 Å². The maximum Gasteiger partial charge on any atom is 0.264 e. The predicted molar refractivity (Wildman–Crippen MR) is 132 cm³/mol. The molecule has 0 heterocycles. The molecule has 0 aliphatic heterocycles. The Hall–Kier alpha value is -3.64. The molecule has 1 amide bonds. The summed E-state index contributed by atoms with van der Waals surface area (Å²) in [5, 5.41) is 5.15. The Labute approximate surface area is 193 Å². The number of hydrogen-bond donors (Lipinski definition) is 1. The van der Waals surface area contributed by atoms with Crippen molar-refractivity contribution in [2.24, 2.45) is 0 Å². The van der Waals surface area contributed by atoms with Gasteiger partial charge in [0.2, 0.25) is 5.91 Å². The average Bonchev–Trinajstić information content (AvgIpc) is 3.25. The molecule has 5 rings (SSSR count). The molecule has 1 aliphatic rings. The van der Waals surface area contributed by atoms with Crippen LogP contribution in [0.2, 0.25) is 0 Å². The van der Waals surface area contributed by atoms with Crippen molar-refractivity contribution in [3.05, 3.63) is 102 Å². The highest BCUT2D eigenvalue weighted by atomic mass is 32.2. The molecule has 0 unspecified atom stereocenters. The summed E-state index contributed by atoms with van der Waals surface area (Å²) in [6, 6.07) is 25.5. The first-order valence-corrected chi connectivity index (χ1v) is 12.4. The second kappa shape index (κ2) is 8.37. The largest absolute Gasteiger partial charge is 0.324 e. The van der Waals surface area contributed by atoms with Gasteiger partial charge in [0.15, 0.2) is 0 Å². The first-order valence-electron chi connectivity index (χ1n) is 10.9. The minimum absolute atomic E-state index is 0.145. The maximum atomic E-state index is 13.5. The third kappa shape index (κ3) is 3.87. The van der Waals surface area contributed by atoms with Crippen molar-refractivity contribution >= 4 is 38.1 Å². The highest BCUT2D eigenvalue weighted by Crippen LogP contribution is 2.35. The highest BCUT2D eigenvalue weighted by molar-refractivity contribution is 7.92. The fraction of sp³-hybridized carbons (Fsp3) is 0.148. The lowest BCUT2D eigenvalue weighted by molar-refractivity contribution is -0.114. The van der Waals surface area contributed by atoms with E-state index in [1.54, 1.807) is 42.5 Å². The highest BCUT2D eigenvalue weighted by Gasteiger charge is 2.28. The molecule has 166 valence electrons. The first kappa shape index (κ1) is 21.2. The number of nitrogens with one attached hydrogen (secondary N) is 1. The van der Waals surface area contributed by atoms with Crippen molar-refractivity contribution in [1.82, 2.24) is 0 Å². The van der Waals surface area contributed by atoms with Crippen LogP contribution in [0.15, 0.2) is 89.8 Å². The standard InChI is InChI=1S/C27H24N2O3S/c1-19-8-5-6-13-25(19)29(33(31,32)22-10-3-2-4-11-22)18-26(30)28-24-17-16-21-15-14-20-9-7-12-23(24)27(20)21/h2-13,16-17H,14-15,18H2,1H3,(H,28,30). The number of sulfonamides is 1. The van der Waals surface area contributed by atoms with Gasteiger partial charge in [0.05, 0.1) is 10.6 Å². The Kier molecular flexibility index (Phi) is 5.38. The summed E-state index contributed by atoms with van der Waals surface area (Å²) in [4.78, 5) is 13.3. The van der Waals surface area contributed by atoms with E-state index in [1.165, 1.54) is 20.8 Å². The van der Waals surface area contributed by atoms with E-state index in [1.807, 2.05) is 43.3 Å². The monoisotopic (exact) mass is 456 g/mol. The third-order valence-electron chi connectivity index (χ3n) is 6.15. The van der Waals surface area contributed by atoms with Crippen LogP contribution in [-0.4, -0.2) is 20.9 Å². The number of anilines is 2. The fourth-order valence-electron chi connectivity index (χ4n) is 4.54. The fourth-order valence-corrected chi connectivity index (χ4v) is 6.05. The van der Waals surface area contributed by atoms with E-state index in [0.29, 0.717) is 11.4 Å².